The SMILES string of the molecule is CCCCCC(S)(C#N)/[Si](C)=C(\O)C(C)CO. The highest BCUT2D eigenvalue weighted by Gasteiger charge is 2.31. The van der Waals surface area contributed by atoms with Crippen LogP contribution in [0.4, 0.5) is 0 Å². The van der Waals surface area contributed by atoms with Crippen LogP contribution < -0.4 is 0 Å². The van der Waals surface area contributed by atoms with Crippen LogP contribution in [0.1, 0.15) is 39.5 Å². The predicted molar refractivity (Wildman–Crippen MR) is 76.3 cm³/mol. The molecule has 0 aromatic carbocycles. The lowest BCUT2D eigenvalue weighted by Crippen LogP contribution is -2.39. The van der Waals surface area contributed by atoms with Gasteiger partial charge in [0.15, 0.2) is 0 Å². The van der Waals surface area contributed by atoms with E-state index in [1.54, 1.807) is 6.92 Å². The first kappa shape index (κ1) is 16.7. The molecule has 17 heavy (non-hydrogen) atoms. The zero-order valence-electron chi connectivity index (χ0n) is 10.9. The third-order valence-electron chi connectivity index (χ3n) is 3.07. The van der Waals surface area contributed by atoms with Crippen LogP contribution in [0, 0.1) is 17.2 Å². The molecule has 98 valence electrons. The largest absolute Gasteiger partial charge is 0.518 e. The van der Waals surface area contributed by atoms with E-state index in [0.717, 1.165) is 19.3 Å². The van der Waals surface area contributed by atoms with E-state index in [1.807, 2.05) is 6.55 Å². The minimum atomic E-state index is -1.43. The summed E-state index contributed by atoms with van der Waals surface area (Å²) in [5.41, 5.74) is 0. The molecule has 0 aromatic rings. The average Bonchev–Trinajstić information content (AvgIpc) is 2.35. The van der Waals surface area contributed by atoms with Crippen LogP contribution in [0.5, 0.6) is 0 Å². The molecular weight excluding hydrogens is 250 g/mol. The number of nitriles is 1. The zero-order valence-corrected chi connectivity index (χ0v) is 12.8. The van der Waals surface area contributed by atoms with Crippen molar-refractivity contribution < 1.29 is 10.2 Å². The van der Waals surface area contributed by atoms with Crippen LogP contribution in [0.25, 0.3) is 0 Å². The highest BCUT2D eigenvalue weighted by molar-refractivity contribution is 7.84. The predicted octanol–water partition coefficient (Wildman–Crippen LogP) is 2.14. The van der Waals surface area contributed by atoms with Crippen molar-refractivity contribution in [2.75, 3.05) is 6.61 Å². The molecule has 3 nitrogen and oxygen atoms in total. The molecule has 0 fully saturated rings. The van der Waals surface area contributed by atoms with Gasteiger partial charge >= 0.3 is 0 Å². The monoisotopic (exact) mass is 273 g/mol. The Morgan fingerprint density at radius 1 is 1.53 bits per heavy atom. The number of unbranched alkanes of at least 4 members (excludes halogenated alkanes) is 2. The minimum Gasteiger partial charge on any atom is -0.518 e. The molecule has 5 heteroatoms. The van der Waals surface area contributed by atoms with E-state index in [2.05, 4.69) is 25.6 Å². The first-order chi connectivity index (χ1) is 7.92. The molecule has 0 aliphatic heterocycles. The summed E-state index contributed by atoms with van der Waals surface area (Å²) in [7, 11) is -1.43. The summed E-state index contributed by atoms with van der Waals surface area (Å²) in [4.78, 5) is 0. The lowest BCUT2D eigenvalue weighted by Gasteiger charge is -2.23. The molecule has 0 aliphatic carbocycles. The first-order valence-corrected chi connectivity index (χ1v) is 8.52. The normalized spacial score (nSPS) is 17.9. The van der Waals surface area contributed by atoms with Crippen molar-refractivity contribution in [1.29, 1.82) is 5.26 Å². The van der Waals surface area contributed by atoms with Crippen molar-refractivity contribution in [3.8, 4) is 6.07 Å². The van der Waals surface area contributed by atoms with Gasteiger partial charge in [0.2, 0.25) is 0 Å². The summed E-state index contributed by atoms with van der Waals surface area (Å²) in [6.07, 6.45) is 3.84. The molecule has 2 unspecified atom stereocenters. The van der Waals surface area contributed by atoms with Gasteiger partial charge in [0.05, 0.1) is 26.4 Å². The summed E-state index contributed by atoms with van der Waals surface area (Å²) in [6.45, 7) is 5.69. The lowest BCUT2D eigenvalue weighted by atomic mass is 10.1. The molecule has 0 saturated heterocycles. The van der Waals surface area contributed by atoms with E-state index in [1.165, 1.54) is 0 Å². The van der Waals surface area contributed by atoms with Gasteiger partial charge in [0.1, 0.15) is 4.37 Å². The van der Waals surface area contributed by atoms with Gasteiger partial charge in [-0.25, -0.2) is 0 Å². The van der Waals surface area contributed by atoms with Crippen molar-refractivity contribution in [2.24, 2.45) is 5.92 Å². The molecule has 0 aliphatic rings. The van der Waals surface area contributed by atoms with Gasteiger partial charge < -0.3 is 10.2 Å². The summed E-state index contributed by atoms with van der Waals surface area (Å²) >= 11 is 4.48. The molecule has 0 amide bonds. The second kappa shape index (κ2) is 7.91. The third kappa shape index (κ3) is 4.82. The van der Waals surface area contributed by atoms with Crippen LogP contribution in [0.2, 0.25) is 6.55 Å². The van der Waals surface area contributed by atoms with E-state index in [-0.39, 0.29) is 17.9 Å². The first-order valence-electron chi connectivity index (χ1n) is 6.07. The zero-order chi connectivity index (χ0) is 13.5. The average molecular weight is 273 g/mol. The minimum absolute atomic E-state index is 0.0852. The second-order valence-electron chi connectivity index (χ2n) is 4.52. The Morgan fingerprint density at radius 2 is 2.12 bits per heavy atom. The Morgan fingerprint density at radius 3 is 2.53 bits per heavy atom. The fourth-order valence-electron chi connectivity index (χ4n) is 1.63. The number of aliphatic hydroxyl groups excluding tert-OH is 2. The fourth-order valence-corrected chi connectivity index (χ4v) is 4.10. The number of aliphatic hydroxyl groups is 2. The number of hydrogen-bond acceptors (Lipinski definition) is 4. The van der Waals surface area contributed by atoms with E-state index >= 15 is 0 Å². The van der Waals surface area contributed by atoms with Crippen molar-refractivity contribution in [3.05, 3.63) is 0 Å². The highest BCUT2D eigenvalue weighted by atomic mass is 32.1. The van der Waals surface area contributed by atoms with Gasteiger partial charge in [-0.05, 0) is 6.42 Å². The summed E-state index contributed by atoms with van der Waals surface area (Å²) in [5.74, 6) is -0.264. The summed E-state index contributed by atoms with van der Waals surface area (Å²) < 4.78 is -0.743. The Balaban J connectivity index is 4.91. The maximum atomic E-state index is 10.0. The summed E-state index contributed by atoms with van der Waals surface area (Å²) in [5, 5.41) is 28.6. The molecule has 0 radical (unpaired) electrons. The third-order valence-corrected chi connectivity index (χ3v) is 7.27. The quantitative estimate of drug-likeness (QED) is 0.378. The van der Waals surface area contributed by atoms with Crippen molar-refractivity contribution in [3.63, 3.8) is 0 Å². The van der Waals surface area contributed by atoms with E-state index < -0.39 is 12.8 Å². The van der Waals surface area contributed by atoms with Gasteiger partial charge in [-0.3, -0.25) is 0 Å². The van der Waals surface area contributed by atoms with Crippen molar-refractivity contribution in [1.82, 2.24) is 0 Å². The second-order valence-corrected chi connectivity index (χ2v) is 8.32. The van der Waals surface area contributed by atoms with Crippen molar-refractivity contribution in [2.45, 2.75) is 50.4 Å². The highest BCUT2D eigenvalue weighted by Crippen LogP contribution is 2.23. The van der Waals surface area contributed by atoms with E-state index in [4.69, 9.17) is 5.11 Å². The van der Waals surface area contributed by atoms with E-state index in [9.17, 15) is 10.4 Å². The fraction of sp³-hybridized carbons (Fsp3) is 0.833. The lowest BCUT2D eigenvalue weighted by molar-refractivity contribution is 0.259. The molecule has 0 bridgehead atoms. The van der Waals surface area contributed by atoms with E-state index in [0.29, 0.717) is 6.42 Å². The number of hydrogen-bond donors (Lipinski definition) is 3. The van der Waals surface area contributed by atoms with Crippen LogP contribution in [0.3, 0.4) is 0 Å². The maximum Gasteiger partial charge on any atom is 0.108 e. The van der Waals surface area contributed by atoms with Gasteiger partial charge in [0.25, 0.3) is 0 Å². The van der Waals surface area contributed by atoms with Gasteiger partial charge in [-0.2, -0.15) is 17.9 Å². The molecule has 0 rings (SSSR count). The molecule has 0 spiro atoms. The van der Waals surface area contributed by atoms with Gasteiger partial charge in [0, 0.05) is 5.92 Å². The number of thiol groups is 1. The number of rotatable bonds is 7. The molecule has 2 N–H and O–H groups in total. The smallest absolute Gasteiger partial charge is 0.108 e. The molecule has 0 aromatic heterocycles. The van der Waals surface area contributed by atoms with Gasteiger partial charge in [-0.15, -0.1) is 0 Å². The van der Waals surface area contributed by atoms with Crippen LogP contribution in [-0.2, 0) is 0 Å². The Labute approximate surface area is 111 Å². The Bertz CT molecular complexity index is 314. The molecule has 2 atom stereocenters. The van der Waals surface area contributed by atoms with Crippen LogP contribution in [-0.4, -0.2) is 35.0 Å². The van der Waals surface area contributed by atoms with Gasteiger partial charge in [-0.1, -0.05) is 39.7 Å². The standard InChI is InChI=1S/C12H23NO2SSi/c1-4-5-6-7-12(16,9-13)17(3)11(15)10(2)8-14/h10,14-16H,4-8H2,1-3H3/b17-11-. The number of nitrogens with zero attached hydrogens (tertiary/aromatic N) is 1. The Kier molecular flexibility index (Phi) is 7.76. The molecule has 0 saturated carbocycles. The van der Waals surface area contributed by atoms with Crippen LogP contribution in [0.15, 0.2) is 0 Å². The Hall–Kier alpha value is -0.313. The summed E-state index contributed by atoms with van der Waals surface area (Å²) in [6, 6.07) is 2.24. The van der Waals surface area contributed by atoms with Crippen molar-refractivity contribution >= 4 is 26.4 Å². The maximum absolute atomic E-state index is 10.0. The van der Waals surface area contributed by atoms with Crippen LogP contribution >= 0.6 is 12.6 Å². The molecule has 0 heterocycles. The molecular formula is C12H23NO2SSi. The topological polar surface area (TPSA) is 64.2 Å².